The number of hydrogen-bond donors (Lipinski definition) is 0. The molecule has 0 aromatic rings. The normalized spacial score (nSPS) is 11.6. The van der Waals surface area contributed by atoms with E-state index in [0.29, 0.717) is 0 Å². The van der Waals surface area contributed by atoms with E-state index in [0.717, 1.165) is 18.4 Å². The van der Waals surface area contributed by atoms with Crippen LogP contribution in [0.4, 0.5) is 0 Å². The summed E-state index contributed by atoms with van der Waals surface area (Å²) < 4.78 is 0. The van der Waals surface area contributed by atoms with E-state index in [2.05, 4.69) is 26.0 Å². The lowest BCUT2D eigenvalue weighted by Crippen LogP contribution is -1.81. The van der Waals surface area contributed by atoms with E-state index in [9.17, 15) is 0 Å². The summed E-state index contributed by atoms with van der Waals surface area (Å²) in [5, 5.41) is 8.59. The molecular weight excluding hydrogens is 146 g/mol. The van der Waals surface area contributed by atoms with Gasteiger partial charge >= 0.3 is 0 Å². The van der Waals surface area contributed by atoms with Gasteiger partial charge in [0.2, 0.25) is 0 Å². The molecule has 1 heteroatoms. The smallest absolute Gasteiger partial charge is 0.0943 e. The SMILES string of the molecule is CC(C)=CCC/C(C)=C(/C)C#N. The van der Waals surface area contributed by atoms with Crippen LogP contribution >= 0.6 is 0 Å². The van der Waals surface area contributed by atoms with Crippen LogP contribution in [0.2, 0.25) is 0 Å². The maximum atomic E-state index is 8.59. The standard InChI is InChI=1S/C11H17N/c1-9(2)6-5-7-10(3)11(4)8-12/h6H,5,7H2,1-4H3/b11-10-. The molecule has 0 saturated heterocycles. The molecule has 1 nitrogen and oxygen atoms in total. The van der Waals surface area contributed by atoms with E-state index in [1.54, 1.807) is 0 Å². The van der Waals surface area contributed by atoms with Gasteiger partial charge in [0.05, 0.1) is 6.07 Å². The van der Waals surface area contributed by atoms with Gasteiger partial charge in [-0.05, 0) is 40.5 Å². The summed E-state index contributed by atoms with van der Waals surface area (Å²) in [6.45, 7) is 8.08. The summed E-state index contributed by atoms with van der Waals surface area (Å²) in [5.41, 5.74) is 3.41. The Morgan fingerprint density at radius 2 is 1.83 bits per heavy atom. The lowest BCUT2D eigenvalue weighted by atomic mass is 10.1. The zero-order valence-corrected chi connectivity index (χ0v) is 8.44. The Kier molecular flexibility index (Phi) is 5.12. The maximum absolute atomic E-state index is 8.59. The van der Waals surface area contributed by atoms with E-state index in [-0.39, 0.29) is 0 Å². The average molecular weight is 163 g/mol. The van der Waals surface area contributed by atoms with Crippen molar-refractivity contribution in [2.45, 2.75) is 40.5 Å². The van der Waals surface area contributed by atoms with Crippen LogP contribution in [0.15, 0.2) is 22.8 Å². The number of nitriles is 1. The monoisotopic (exact) mass is 163 g/mol. The lowest BCUT2D eigenvalue weighted by Gasteiger charge is -1.98. The molecule has 0 amide bonds. The van der Waals surface area contributed by atoms with Crippen molar-refractivity contribution in [3.63, 3.8) is 0 Å². The first-order chi connectivity index (χ1) is 5.57. The van der Waals surface area contributed by atoms with Gasteiger partial charge in [0.1, 0.15) is 0 Å². The Morgan fingerprint density at radius 1 is 1.25 bits per heavy atom. The fraction of sp³-hybridized carbons (Fsp3) is 0.545. The van der Waals surface area contributed by atoms with Gasteiger partial charge in [0.25, 0.3) is 0 Å². The molecule has 0 unspecified atom stereocenters. The minimum atomic E-state index is 0.858. The van der Waals surface area contributed by atoms with E-state index in [1.165, 1.54) is 11.1 Å². The van der Waals surface area contributed by atoms with Crippen molar-refractivity contribution in [2.75, 3.05) is 0 Å². The molecule has 66 valence electrons. The van der Waals surface area contributed by atoms with Crippen molar-refractivity contribution in [3.05, 3.63) is 22.8 Å². The molecule has 0 rings (SSSR count). The lowest BCUT2D eigenvalue weighted by molar-refractivity contribution is 0.954. The highest BCUT2D eigenvalue weighted by molar-refractivity contribution is 5.24. The van der Waals surface area contributed by atoms with Crippen LogP contribution in [0.5, 0.6) is 0 Å². The number of hydrogen-bond acceptors (Lipinski definition) is 1. The van der Waals surface area contributed by atoms with E-state index in [4.69, 9.17) is 5.26 Å². The molecule has 0 aliphatic heterocycles. The van der Waals surface area contributed by atoms with Gasteiger partial charge < -0.3 is 0 Å². The molecule has 0 aliphatic carbocycles. The van der Waals surface area contributed by atoms with Crippen LogP contribution in [-0.4, -0.2) is 0 Å². The van der Waals surface area contributed by atoms with Crippen molar-refractivity contribution in [2.24, 2.45) is 0 Å². The second kappa shape index (κ2) is 5.60. The van der Waals surface area contributed by atoms with Crippen LogP contribution in [0.1, 0.15) is 40.5 Å². The molecule has 0 saturated carbocycles. The predicted octanol–water partition coefficient (Wildman–Crippen LogP) is 3.59. The van der Waals surface area contributed by atoms with Gasteiger partial charge in [0.15, 0.2) is 0 Å². The predicted molar refractivity (Wildman–Crippen MR) is 52.7 cm³/mol. The third kappa shape index (κ3) is 4.73. The molecular formula is C11H17N. The fourth-order valence-electron chi connectivity index (χ4n) is 0.860. The summed E-state index contributed by atoms with van der Waals surface area (Å²) in [6.07, 6.45) is 4.26. The summed E-state index contributed by atoms with van der Waals surface area (Å²) >= 11 is 0. The molecule has 0 heterocycles. The van der Waals surface area contributed by atoms with E-state index < -0.39 is 0 Å². The Hall–Kier alpha value is -1.03. The Morgan fingerprint density at radius 3 is 2.25 bits per heavy atom. The van der Waals surface area contributed by atoms with Gasteiger partial charge in [-0.15, -0.1) is 0 Å². The van der Waals surface area contributed by atoms with Crippen LogP contribution in [0.25, 0.3) is 0 Å². The zero-order chi connectivity index (χ0) is 9.56. The molecule has 0 fully saturated rings. The average Bonchev–Trinajstić information content (AvgIpc) is 2.02. The van der Waals surface area contributed by atoms with E-state index >= 15 is 0 Å². The molecule has 0 aromatic heterocycles. The van der Waals surface area contributed by atoms with Crippen LogP contribution in [-0.2, 0) is 0 Å². The van der Waals surface area contributed by atoms with Gasteiger partial charge in [0, 0.05) is 5.57 Å². The third-order valence-electron chi connectivity index (χ3n) is 1.88. The van der Waals surface area contributed by atoms with Crippen molar-refractivity contribution >= 4 is 0 Å². The van der Waals surface area contributed by atoms with Crippen molar-refractivity contribution in [3.8, 4) is 6.07 Å². The molecule has 0 N–H and O–H groups in total. The van der Waals surface area contributed by atoms with Crippen LogP contribution < -0.4 is 0 Å². The maximum Gasteiger partial charge on any atom is 0.0943 e. The van der Waals surface area contributed by atoms with Crippen LogP contribution in [0, 0.1) is 11.3 Å². The first-order valence-electron chi connectivity index (χ1n) is 4.27. The minimum Gasteiger partial charge on any atom is -0.193 e. The van der Waals surface area contributed by atoms with E-state index in [1.807, 2.05) is 13.8 Å². The summed E-state index contributed by atoms with van der Waals surface area (Å²) in [6, 6.07) is 2.16. The summed E-state index contributed by atoms with van der Waals surface area (Å²) in [4.78, 5) is 0. The van der Waals surface area contributed by atoms with Gasteiger partial charge in [-0.1, -0.05) is 17.2 Å². The highest BCUT2D eigenvalue weighted by atomic mass is 14.2. The molecule has 0 aromatic carbocycles. The Labute approximate surface area is 75.4 Å². The molecule has 12 heavy (non-hydrogen) atoms. The quantitative estimate of drug-likeness (QED) is 0.460. The van der Waals surface area contributed by atoms with Gasteiger partial charge in [-0.2, -0.15) is 5.26 Å². The fourth-order valence-corrected chi connectivity index (χ4v) is 0.860. The van der Waals surface area contributed by atoms with Crippen molar-refractivity contribution in [1.29, 1.82) is 5.26 Å². The largest absolute Gasteiger partial charge is 0.193 e. The topological polar surface area (TPSA) is 23.8 Å². The molecule has 0 aliphatic rings. The second-order valence-electron chi connectivity index (χ2n) is 3.34. The summed E-state index contributed by atoms with van der Waals surface area (Å²) in [5.74, 6) is 0. The summed E-state index contributed by atoms with van der Waals surface area (Å²) in [7, 11) is 0. The molecule has 0 spiro atoms. The third-order valence-corrected chi connectivity index (χ3v) is 1.88. The first-order valence-corrected chi connectivity index (χ1v) is 4.27. The Balaban J connectivity index is 3.97. The molecule has 0 atom stereocenters. The number of nitrogens with zero attached hydrogens (tertiary/aromatic N) is 1. The number of rotatable bonds is 3. The van der Waals surface area contributed by atoms with Gasteiger partial charge in [-0.25, -0.2) is 0 Å². The van der Waals surface area contributed by atoms with Crippen molar-refractivity contribution in [1.82, 2.24) is 0 Å². The zero-order valence-electron chi connectivity index (χ0n) is 8.44. The molecule has 0 bridgehead atoms. The highest BCUT2D eigenvalue weighted by Crippen LogP contribution is 2.10. The first kappa shape index (κ1) is 11.0. The molecule has 0 radical (unpaired) electrons. The van der Waals surface area contributed by atoms with Crippen LogP contribution in [0.3, 0.4) is 0 Å². The van der Waals surface area contributed by atoms with Gasteiger partial charge in [-0.3, -0.25) is 0 Å². The van der Waals surface area contributed by atoms with Crippen molar-refractivity contribution < 1.29 is 0 Å². The minimum absolute atomic E-state index is 0.858. The highest BCUT2D eigenvalue weighted by Gasteiger charge is 1.93. The number of allylic oxidation sites excluding steroid dienone is 4. The second-order valence-corrected chi connectivity index (χ2v) is 3.34. The Bertz CT molecular complexity index is 234.